The molecule has 0 amide bonds. The normalized spacial score (nSPS) is 23.7. The van der Waals surface area contributed by atoms with E-state index in [2.05, 4.69) is 50.4 Å². The number of nitrogens with one attached hydrogen (secondary N) is 2. The molecule has 3 aliphatic rings. The molecule has 0 saturated carbocycles. The third kappa shape index (κ3) is 3.52. The molecule has 3 aromatic heterocycles. The highest BCUT2D eigenvalue weighted by Crippen LogP contribution is 2.37. The van der Waals surface area contributed by atoms with Gasteiger partial charge in [0.2, 0.25) is 0 Å². The average Bonchev–Trinajstić information content (AvgIpc) is 3.62. The van der Waals surface area contributed by atoms with Crippen LogP contribution in [0.25, 0.3) is 32.5 Å². The van der Waals surface area contributed by atoms with Gasteiger partial charge in [-0.3, -0.25) is 4.90 Å². The van der Waals surface area contributed by atoms with Gasteiger partial charge in [-0.05, 0) is 43.1 Å². The van der Waals surface area contributed by atoms with Crippen molar-refractivity contribution >= 4 is 38.3 Å². The number of morpholine rings is 1. The minimum atomic E-state index is 0.747. The largest absolute Gasteiger partial charge is 0.378 e. The van der Waals surface area contributed by atoms with Gasteiger partial charge < -0.3 is 19.9 Å². The summed E-state index contributed by atoms with van der Waals surface area (Å²) in [6.07, 6.45) is 1.99. The second-order valence-electron chi connectivity index (χ2n) is 9.51. The number of benzene rings is 1. The van der Waals surface area contributed by atoms with Crippen molar-refractivity contribution in [2.75, 3.05) is 57.4 Å². The number of rotatable bonds is 4. The van der Waals surface area contributed by atoms with Crippen molar-refractivity contribution < 1.29 is 4.74 Å². The summed E-state index contributed by atoms with van der Waals surface area (Å²) in [5, 5.41) is 4.71. The SMILES string of the molecule is c1cc(-c2nc(N3CCOCC3)c3sc(CN4CC5CNCC5C4)cc3n2)c2cc[nH]c2c1. The molecule has 0 radical (unpaired) electrons. The summed E-state index contributed by atoms with van der Waals surface area (Å²) >= 11 is 1.87. The van der Waals surface area contributed by atoms with Crippen molar-refractivity contribution in [2.24, 2.45) is 11.8 Å². The molecular weight excluding hydrogens is 432 g/mol. The number of anilines is 1. The van der Waals surface area contributed by atoms with Crippen LogP contribution in [0.5, 0.6) is 0 Å². The Hall–Kier alpha value is -2.52. The number of aromatic amines is 1. The summed E-state index contributed by atoms with van der Waals surface area (Å²) in [4.78, 5) is 19.9. The molecule has 1 aromatic carbocycles. The number of hydrogen-bond donors (Lipinski definition) is 2. The van der Waals surface area contributed by atoms with Gasteiger partial charge in [0.1, 0.15) is 0 Å². The summed E-state index contributed by atoms with van der Waals surface area (Å²) in [6.45, 7) is 9.00. The Balaban J connectivity index is 1.29. The van der Waals surface area contributed by atoms with Crippen molar-refractivity contribution in [2.45, 2.75) is 6.54 Å². The maximum absolute atomic E-state index is 5.63. The minimum Gasteiger partial charge on any atom is -0.378 e. The standard InChI is InChI=1S/C25H28N6OS/c1-2-20(19-4-5-27-21(19)3-1)24-28-22-10-18(15-30-13-16-11-26-12-17(16)14-30)33-23(22)25(29-24)31-6-8-32-9-7-31/h1-5,10,16-17,26-27H,6-9,11-15H2. The van der Waals surface area contributed by atoms with Gasteiger partial charge in [0.25, 0.3) is 0 Å². The zero-order valence-electron chi connectivity index (χ0n) is 18.6. The lowest BCUT2D eigenvalue weighted by atomic mass is 10.0. The molecule has 3 saturated heterocycles. The lowest BCUT2D eigenvalue weighted by molar-refractivity contribution is 0.122. The Labute approximate surface area is 196 Å². The second kappa shape index (κ2) is 8.06. The number of ether oxygens (including phenoxy) is 1. The summed E-state index contributed by atoms with van der Waals surface area (Å²) < 4.78 is 6.83. The van der Waals surface area contributed by atoms with Crippen LogP contribution in [0.3, 0.4) is 0 Å². The fourth-order valence-corrected chi connectivity index (χ4v) is 6.89. The van der Waals surface area contributed by atoms with E-state index >= 15 is 0 Å². The highest BCUT2D eigenvalue weighted by atomic mass is 32.1. The summed E-state index contributed by atoms with van der Waals surface area (Å²) in [7, 11) is 0. The first kappa shape index (κ1) is 19.9. The molecule has 33 heavy (non-hydrogen) atoms. The zero-order valence-corrected chi connectivity index (χ0v) is 19.4. The molecule has 2 atom stereocenters. The van der Waals surface area contributed by atoms with Gasteiger partial charge in [0.15, 0.2) is 11.6 Å². The molecule has 3 fully saturated rings. The number of H-pyrrole nitrogens is 1. The van der Waals surface area contributed by atoms with Crippen LogP contribution in [0.2, 0.25) is 0 Å². The van der Waals surface area contributed by atoms with Crippen LogP contribution in [0.1, 0.15) is 4.88 Å². The Morgan fingerprint density at radius 3 is 2.76 bits per heavy atom. The summed E-state index contributed by atoms with van der Waals surface area (Å²) in [5.74, 6) is 3.50. The van der Waals surface area contributed by atoms with E-state index in [1.165, 1.54) is 35.8 Å². The van der Waals surface area contributed by atoms with Gasteiger partial charge in [-0.2, -0.15) is 0 Å². The Morgan fingerprint density at radius 1 is 1.06 bits per heavy atom. The van der Waals surface area contributed by atoms with Crippen molar-refractivity contribution in [3.05, 3.63) is 41.4 Å². The maximum Gasteiger partial charge on any atom is 0.162 e. The van der Waals surface area contributed by atoms with Crippen molar-refractivity contribution in [1.82, 2.24) is 25.2 Å². The Kier molecular flexibility index (Phi) is 4.86. The van der Waals surface area contributed by atoms with Crippen LogP contribution in [-0.4, -0.2) is 72.3 Å². The van der Waals surface area contributed by atoms with Crippen LogP contribution in [0.4, 0.5) is 5.82 Å². The molecule has 0 aliphatic carbocycles. The number of thiophene rings is 1. The van der Waals surface area contributed by atoms with Crippen molar-refractivity contribution in [1.29, 1.82) is 0 Å². The van der Waals surface area contributed by atoms with E-state index < -0.39 is 0 Å². The second-order valence-corrected chi connectivity index (χ2v) is 10.7. The van der Waals surface area contributed by atoms with E-state index in [9.17, 15) is 0 Å². The molecular formula is C25H28N6OS. The van der Waals surface area contributed by atoms with E-state index in [4.69, 9.17) is 14.7 Å². The van der Waals surface area contributed by atoms with Gasteiger partial charge in [0.05, 0.1) is 23.4 Å². The minimum absolute atomic E-state index is 0.747. The molecule has 7 rings (SSSR count). The Bertz CT molecular complexity index is 1300. The molecule has 4 aromatic rings. The lowest BCUT2D eigenvalue weighted by Crippen LogP contribution is -2.36. The van der Waals surface area contributed by atoms with Gasteiger partial charge in [-0.25, -0.2) is 9.97 Å². The predicted octanol–water partition coefficient (Wildman–Crippen LogP) is 3.33. The van der Waals surface area contributed by atoms with E-state index in [1.807, 2.05) is 17.5 Å². The van der Waals surface area contributed by atoms with Crippen LogP contribution < -0.4 is 10.2 Å². The molecule has 7 nitrogen and oxygen atoms in total. The maximum atomic E-state index is 5.63. The molecule has 170 valence electrons. The fraction of sp³-hybridized carbons (Fsp3) is 0.440. The van der Waals surface area contributed by atoms with E-state index in [0.29, 0.717) is 0 Å². The zero-order chi connectivity index (χ0) is 21.8. The molecule has 8 heteroatoms. The van der Waals surface area contributed by atoms with E-state index in [-0.39, 0.29) is 0 Å². The number of fused-ring (bicyclic) bond motifs is 3. The number of nitrogens with zero attached hydrogens (tertiary/aromatic N) is 4. The molecule has 0 spiro atoms. The Morgan fingerprint density at radius 2 is 1.91 bits per heavy atom. The molecule has 2 unspecified atom stereocenters. The first-order chi connectivity index (χ1) is 16.3. The lowest BCUT2D eigenvalue weighted by Gasteiger charge is -2.28. The first-order valence-corrected chi connectivity index (χ1v) is 12.8. The predicted molar refractivity (Wildman–Crippen MR) is 133 cm³/mol. The fourth-order valence-electron chi connectivity index (χ4n) is 5.73. The van der Waals surface area contributed by atoms with Crippen LogP contribution in [0.15, 0.2) is 36.5 Å². The quantitative estimate of drug-likeness (QED) is 0.487. The number of hydrogen-bond acceptors (Lipinski definition) is 7. The van der Waals surface area contributed by atoms with Crippen molar-refractivity contribution in [3.8, 4) is 11.4 Å². The smallest absolute Gasteiger partial charge is 0.162 e. The number of aromatic nitrogens is 3. The topological polar surface area (TPSA) is 69.3 Å². The third-order valence-electron chi connectivity index (χ3n) is 7.40. The third-order valence-corrected chi connectivity index (χ3v) is 8.50. The van der Waals surface area contributed by atoms with Crippen LogP contribution in [0, 0.1) is 11.8 Å². The summed E-state index contributed by atoms with van der Waals surface area (Å²) in [6, 6.07) is 10.7. The molecule has 0 bridgehead atoms. The highest BCUT2D eigenvalue weighted by molar-refractivity contribution is 7.19. The van der Waals surface area contributed by atoms with E-state index in [0.717, 1.165) is 78.3 Å². The van der Waals surface area contributed by atoms with Gasteiger partial charge in [-0.15, -0.1) is 11.3 Å². The first-order valence-electron chi connectivity index (χ1n) is 11.9. The molecule has 6 heterocycles. The number of likely N-dealkylation sites (tertiary alicyclic amines) is 1. The van der Waals surface area contributed by atoms with Crippen molar-refractivity contribution in [3.63, 3.8) is 0 Å². The highest BCUT2D eigenvalue weighted by Gasteiger charge is 2.36. The van der Waals surface area contributed by atoms with E-state index in [1.54, 1.807) is 0 Å². The van der Waals surface area contributed by atoms with Gasteiger partial charge in [-0.1, -0.05) is 12.1 Å². The molecule has 3 aliphatic heterocycles. The monoisotopic (exact) mass is 460 g/mol. The van der Waals surface area contributed by atoms with Gasteiger partial charge >= 0.3 is 0 Å². The van der Waals surface area contributed by atoms with Crippen LogP contribution >= 0.6 is 11.3 Å². The van der Waals surface area contributed by atoms with Crippen LogP contribution in [-0.2, 0) is 11.3 Å². The summed E-state index contributed by atoms with van der Waals surface area (Å²) in [5.41, 5.74) is 3.26. The van der Waals surface area contributed by atoms with Gasteiger partial charge in [0, 0.05) is 60.3 Å². The molecule has 2 N–H and O–H groups in total. The average molecular weight is 461 g/mol.